The maximum atomic E-state index is 10.0. The zero-order chi connectivity index (χ0) is 8.53. The summed E-state index contributed by atoms with van der Waals surface area (Å²) in [7, 11) is 0. The van der Waals surface area contributed by atoms with Crippen molar-refractivity contribution < 1.29 is 9.53 Å². The molecule has 0 rings (SSSR count). The number of nitrogens with two attached hydrogens (primary N) is 1. The van der Waals surface area contributed by atoms with Crippen LogP contribution in [0.4, 0.5) is 4.79 Å². The molecule has 0 bridgehead atoms. The van der Waals surface area contributed by atoms with Crippen LogP contribution in [-0.2, 0) is 4.74 Å². The summed E-state index contributed by atoms with van der Waals surface area (Å²) in [5, 5.41) is 2.94. The van der Waals surface area contributed by atoms with Gasteiger partial charge in [-0.15, -0.1) is 5.92 Å². The summed E-state index contributed by atoms with van der Waals surface area (Å²) in [5.41, 5.74) is 4.72. The third kappa shape index (κ3) is 8.79. The van der Waals surface area contributed by atoms with E-state index in [0.717, 1.165) is 0 Å². The van der Waals surface area contributed by atoms with E-state index in [1.165, 1.54) is 0 Å². The van der Waals surface area contributed by atoms with Crippen molar-refractivity contribution in [1.82, 2.24) is 5.32 Å². The van der Waals surface area contributed by atoms with Gasteiger partial charge in [0.2, 0.25) is 0 Å². The Morgan fingerprint density at radius 3 is 3.00 bits per heavy atom. The average molecular weight is 156 g/mol. The van der Waals surface area contributed by atoms with Crippen LogP contribution in [0, 0.1) is 11.8 Å². The predicted octanol–water partition coefficient (Wildman–Crippen LogP) is -0.305. The van der Waals surface area contributed by atoms with Crippen LogP contribution in [-0.4, -0.2) is 25.8 Å². The molecule has 0 saturated carbocycles. The van der Waals surface area contributed by atoms with Crippen molar-refractivity contribution in [2.24, 2.45) is 5.73 Å². The Hall–Kier alpha value is -1.21. The number of rotatable bonds is 4. The van der Waals surface area contributed by atoms with Gasteiger partial charge < -0.3 is 15.8 Å². The molecule has 11 heavy (non-hydrogen) atoms. The highest BCUT2D eigenvalue weighted by atomic mass is 16.5. The van der Waals surface area contributed by atoms with Crippen molar-refractivity contribution in [1.29, 1.82) is 0 Å². The molecule has 0 heterocycles. The van der Waals surface area contributed by atoms with Gasteiger partial charge in [0.05, 0.1) is 6.54 Å². The normalized spacial score (nSPS) is 8.09. The van der Waals surface area contributed by atoms with Crippen molar-refractivity contribution >= 4 is 6.09 Å². The predicted molar refractivity (Wildman–Crippen MR) is 41.9 cm³/mol. The molecule has 0 aliphatic heterocycles. The number of hydrogen-bond acceptors (Lipinski definition) is 3. The molecule has 0 spiro atoms. The lowest BCUT2D eigenvalue weighted by molar-refractivity contribution is 0.158. The first-order chi connectivity index (χ1) is 5.27. The van der Waals surface area contributed by atoms with Crippen LogP contribution < -0.4 is 11.1 Å². The van der Waals surface area contributed by atoms with E-state index in [1.54, 1.807) is 6.92 Å². The molecule has 0 radical (unpaired) electrons. The van der Waals surface area contributed by atoms with E-state index in [9.17, 15) is 4.79 Å². The quantitative estimate of drug-likeness (QED) is 0.433. The second-order valence-electron chi connectivity index (χ2n) is 1.77. The maximum Gasteiger partial charge on any atom is 0.404 e. The first-order valence-corrected chi connectivity index (χ1v) is 3.30. The van der Waals surface area contributed by atoms with Crippen molar-refractivity contribution in [3.8, 4) is 11.8 Å². The summed E-state index contributed by atoms with van der Waals surface area (Å²) in [6, 6.07) is 0. The average Bonchev–Trinajstić information content (AvgIpc) is 1.96. The van der Waals surface area contributed by atoms with Crippen LogP contribution >= 0.6 is 0 Å². The molecule has 0 aliphatic carbocycles. The lowest BCUT2D eigenvalue weighted by Crippen LogP contribution is -2.23. The van der Waals surface area contributed by atoms with Gasteiger partial charge >= 0.3 is 6.09 Å². The zero-order valence-electron chi connectivity index (χ0n) is 6.52. The van der Waals surface area contributed by atoms with E-state index in [2.05, 4.69) is 21.9 Å². The second kappa shape index (κ2) is 6.90. The molecular weight excluding hydrogens is 144 g/mol. The number of hydrogen-bond donors (Lipinski definition) is 2. The van der Waals surface area contributed by atoms with Crippen LogP contribution in [0.3, 0.4) is 0 Å². The van der Waals surface area contributed by atoms with Gasteiger partial charge in [0.15, 0.2) is 0 Å². The van der Waals surface area contributed by atoms with Gasteiger partial charge in [-0.05, 0) is 6.92 Å². The first-order valence-electron chi connectivity index (χ1n) is 3.30. The Morgan fingerprint density at radius 1 is 1.73 bits per heavy atom. The molecule has 0 aromatic carbocycles. The highest BCUT2D eigenvalue weighted by Gasteiger charge is 1.90. The fraction of sp³-hybridized carbons (Fsp3) is 0.571. The van der Waals surface area contributed by atoms with E-state index in [0.29, 0.717) is 19.7 Å². The van der Waals surface area contributed by atoms with Gasteiger partial charge in [-0.2, -0.15) is 0 Å². The lowest BCUT2D eigenvalue weighted by Gasteiger charge is -1.99. The first kappa shape index (κ1) is 9.79. The van der Waals surface area contributed by atoms with Crippen LogP contribution in [0.1, 0.15) is 6.92 Å². The SMILES string of the molecule is CC#CCNCCOC(N)=O. The molecule has 3 N–H and O–H groups in total. The fourth-order valence-corrected chi connectivity index (χ4v) is 0.463. The van der Waals surface area contributed by atoms with Crippen LogP contribution in [0.15, 0.2) is 0 Å². The minimum absolute atomic E-state index is 0.292. The minimum atomic E-state index is -0.742. The highest BCUT2D eigenvalue weighted by Crippen LogP contribution is 1.70. The Morgan fingerprint density at radius 2 is 2.45 bits per heavy atom. The largest absolute Gasteiger partial charge is 0.448 e. The monoisotopic (exact) mass is 156 g/mol. The summed E-state index contributed by atoms with van der Waals surface area (Å²) in [5.74, 6) is 5.53. The van der Waals surface area contributed by atoms with Crippen LogP contribution in [0.2, 0.25) is 0 Å². The van der Waals surface area contributed by atoms with E-state index in [4.69, 9.17) is 5.73 Å². The topological polar surface area (TPSA) is 64.3 Å². The summed E-state index contributed by atoms with van der Waals surface area (Å²) >= 11 is 0. The Bertz CT molecular complexity index is 169. The van der Waals surface area contributed by atoms with Crippen molar-refractivity contribution in [2.75, 3.05) is 19.7 Å². The molecule has 0 fully saturated rings. The Balaban J connectivity index is 3.00. The molecule has 62 valence electrons. The smallest absolute Gasteiger partial charge is 0.404 e. The summed E-state index contributed by atoms with van der Waals surface area (Å²) < 4.78 is 4.45. The van der Waals surface area contributed by atoms with E-state index in [1.807, 2.05) is 0 Å². The van der Waals surface area contributed by atoms with Crippen molar-refractivity contribution in [2.45, 2.75) is 6.92 Å². The minimum Gasteiger partial charge on any atom is -0.448 e. The number of primary amides is 1. The summed E-state index contributed by atoms with van der Waals surface area (Å²) in [4.78, 5) is 10.0. The Labute approximate surface area is 66.1 Å². The zero-order valence-corrected chi connectivity index (χ0v) is 6.52. The summed E-state index contributed by atoms with van der Waals surface area (Å²) in [6.07, 6.45) is -0.742. The van der Waals surface area contributed by atoms with Gasteiger partial charge in [-0.1, -0.05) is 5.92 Å². The molecule has 0 saturated heterocycles. The van der Waals surface area contributed by atoms with Gasteiger partial charge in [-0.25, -0.2) is 4.79 Å². The molecule has 4 nitrogen and oxygen atoms in total. The Kier molecular flexibility index (Phi) is 6.14. The maximum absolute atomic E-state index is 10.0. The van der Waals surface area contributed by atoms with Gasteiger partial charge in [0.1, 0.15) is 6.61 Å². The van der Waals surface area contributed by atoms with Gasteiger partial charge in [0.25, 0.3) is 0 Å². The fourth-order valence-electron chi connectivity index (χ4n) is 0.463. The third-order valence-electron chi connectivity index (χ3n) is 0.913. The van der Waals surface area contributed by atoms with Crippen LogP contribution in [0.5, 0.6) is 0 Å². The molecule has 0 aromatic heterocycles. The molecule has 1 amide bonds. The molecule has 0 aliphatic rings. The number of ether oxygens (including phenoxy) is 1. The van der Waals surface area contributed by atoms with Gasteiger partial charge in [0, 0.05) is 6.54 Å². The number of amides is 1. The molecule has 4 heteroatoms. The highest BCUT2D eigenvalue weighted by molar-refractivity contribution is 5.64. The molecule has 0 unspecified atom stereocenters. The van der Waals surface area contributed by atoms with Gasteiger partial charge in [-0.3, -0.25) is 0 Å². The second-order valence-corrected chi connectivity index (χ2v) is 1.77. The number of carbonyl (C=O) groups is 1. The molecule has 0 aromatic rings. The van der Waals surface area contributed by atoms with Crippen molar-refractivity contribution in [3.05, 3.63) is 0 Å². The van der Waals surface area contributed by atoms with Crippen molar-refractivity contribution in [3.63, 3.8) is 0 Å². The van der Waals surface area contributed by atoms with Crippen LogP contribution in [0.25, 0.3) is 0 Å². The molecular formula is C7H12N2O2. The number of nitrogens with one attached hydrogen (secondary N) is 1. The number of carbonyl (C=O) groups excluding carboxylic acids is 1. The van der Waals surface area contributed by atoms with E-state index >= 15 is 0 Å². The van der Waals surface area contributed by atoms with E-state index < -0.39 is 6.09 Å². The van der Waals surface area contributed by atoms with E-state index in [-0.39, 0.29) is 0 Å². The summed E-state index contributed by atoms with van der Waals surface area (Å²) in [6.45, 7) is 3.25. The standard InChI is InChI=1S/C7H12N2O2/c1-2-3-4-9-5-6-11-7(8)10/h9H,4-6H2,1H3,(H2,8,10). The lowest BCUT2D eigenvalue weighted by atomic mass is 10.5. The molecule has 0 atom stereocenters. The third-order valence-corrected chi connectivity index (χ3v) is 0.913.